The van der Waals surface area contributed by atoms with Gasteiger partial charge >= 0.3 is 0 Å². The van der Waals surface area contributed by atoms with Crippen molar-refractivity contribution in [3.8, 4) is 0 Å². The highest BCUT2D eigenvalue weighted by molar-refractivity contribution is 7.88. The zero-order valence-electron chi connectivity index (χ0n) is 10.9. The minimum absolute atomic E-state index is 0.261. The van der Waals surface area contributed by atoms with E-state index in [-0.39, 0.29) is 12.5 Å². The molecule has 0 atom stereocenters. The van der Waals surface area contributed by atoms with Crippen LogP contribution in [0.1, 0.15) is 16.8 Å². The van der Waals surface area contributed by atoms with Crippen molar-refractivity contribution in [3.63, 3.8) is 0 Å². The monoisotopic (exact) mass is 320 g/mol. The number of anilines is 1. The second-order valence-corrected chi connectivity index (χ2v) is 6.38. The first-order chi connectivity index (χ1) is 9.33. The third-order valence-corrected chi connectivity index (χ3v) is 3.35. The first-order valence-corrected chi connectivity index (χ1v) is 8.09. The van der Waals surface area contributed by atoms with Gasteiger partial charge in [0.05, 0.1) is 17.5 Å². The molecule has 1 aromatic rings. The van der Waals surface area contributed by atoms with Crippen LogP contribution in [0.25, 0.3) is 0 Å². The molecule has 1 amide bonds. The van der Waals surface area contributed by atoms with Crippen LogP contribution < -0.4 is 21.3 Å². The van der Waals surface area contributed by atoms with Gasteiger partial charge < -0.3 is 10.7 Å². The van der Waals surface area contributed by atoms with E-state index in [0.717, 1.165) is 6.26 Å². The molecular weight excluding hydrogens is 304 g/mol. The van der Waals surface area contributed by atoms with E-state index in [1.54, 1.807) is 12.1 Å². The molecule has 0 saturated heterocycles. The molecule has 20 heavy (non-hydrogen) atoms. The molecule has 0 unspecified atom stereocenters. The maximum absolute atomic E-state index is 11.9. The first-order valence-electron chi connectivity index (χ1n) is 5.82. The lowest BCUT2D eigenvalue weighted by atomic mass is 10.1. The number of benzene rings is 1. The van der Waals surface area contributed by atoms with Crippen molar-refractivity contribution >= 4 is 33.2 Å². The minimum atomic E-state index is -3.20. The van der Waals surface area contributed by atoms with E-state index in [4.69, 9.17) is 17.4 Å². The van der Waals surface area contributed by atoms with Gasteiger partial charge in [-0.25, -0.2) is 13.1 Å². The lowest BCUT2D eigenvalue weighted by Gasteiger charge is -2.10. The lowest BCUT2D eigenvalue weighted by molar-refractivity contribution is 0.0954. The molecule has 7 nitrogen and oxygen atoms in total. The molecule has 112 valence electrons. The Morgan fingerprint density at radius 2 is 2.05 bits per heavy atom. The quantitative estimate of drug-likeness (QED) is 0.328. The Balaban J connectivity index is 2.49. The lowest BCUT2D eigenvalue weighted by Crippen LogP contribution is -2.30. The van der Waals surface area contributed by atoms with Crippen molar-refractivity contribution < 1.29 is 13.2 Å². The highest BCUT2D eigenvalue weighted by atomic mass is 35.5. The van der Waals surface area contributed by atoms with E-state index >= 15 is 0 Å². The van der Waals surface area contributed by atoms with Crippen LogP contribution >= 0.6 is 11.6 Å². The zero-order chi connectivity index (χ0) is 15.2. The van der Waals surface area contributed by atoms with Gasteiger partial charge in [0, 0.05) is 18.1 Å². The number of halogens is 1. The van der Waals surface area contributed by atoms with Gasteiger partial charge in [-0.15, -0.1) is 0 Å². The number of rotatable bonds is 7. The van der Waals surface area contributed by atoms with Crippen LogP contribution in [-0.2, 0) is 10.0 Å². The second-order valence-electron chi connectivity index (χ2n) is 4.11. The van der Waals surface area contributed by atoms with E-state index in [9.17, 15) is 13.2 Å². The molecule has 0 aliphatic carbocycles. The molecule has 5 N–H and O–H groups in total. The summed E-state index contributed by atoms with van der Waals surface area (Å²) in [7, 11) is -3.20. The third kappa shape index (κ3) is 5.74. The summed E-state index contributed by atoms with van der Waals surface area (Å²) in [5.74, 6) is 4.98. The zero-order valence-corrected chi connectivity index (χ0v) is 12.5. The minimum Gasteiger partial charge on any atom is -0.352 e. The predicted octanol–water partition coefficient (Wildman–Crippen LogP) is 0.295. The predicted molar refractivity (Wildman–Crippen MR) is 79.1 cm³/mol. The fraction of sp³-hybridized carbons (Fsp3) is 0.364. The number of hydrogen-bond donors (Lipinski definition) is 4. The van der Waals surface area contributed by atoms with Crippen LogP contribution in [0.15, 0.2) is 18.2 Å². The number of amides is 1. The Morgan fingerprint density at radius 3 is 2.65 bits per heavy atom. The summed E-state index contributed by atoms with van der Waals surface area (Å²) in [6, 6.07) is 4.72. The van der Waals surface area contributed by atoms with Gasteiger partial charge in [-0.2, -0.15) is 0 Å². The summed E-state index contributed by atoms with van der Waals surface area (Å²) in [5.41, 5.74) is 3.20. The summed E-state index contributed by atoms with van der Waals surface area (Å²) in [6.07, 6.45) is 1.56. The third-order valence-electron chi connectivity index (χ3n) is 2.39. The number of carbonyl (C=O) groups is 1. The van der Waals surface area contributed by atoms with Gasteiger partial charge in [0.1, 0.15) is 0 Å². The topological polar surface area (TPSA) is 113 Å². The van der Waals surface area contributed by atoms with Crippen molar-refractivity contribution in [1.29, 1.82) is 0 Å². The molecule has 0 saturated carbocycles. The number of nitrogen functional groups attached to an aromatic ring is 1. The summed E-state index contributed by atoms with van der Waals surface area (Å²) in [6.45, 7) is 0.592. The van der Waals surface area contributed by atoms with Crippen molar-refractivity contribution in [2.24, 2.45) is 5.84 Å². The fourth-order valence-corrected chi connectivity index (χ4v) is 2.16. The maximum Gasteiger partial charge on any atom is 0.253 e. The van der Waals surface area contributed by atoms with Crippen molar-refractivity contribution in [2.45, 2.75) is 6.42 Å². The van der Waals surface area contributed by atoms with E-state index in [2.05, 4.69) is 15.5 Å². The molecular formula is C11H17ClN4O3S. The summed E-state index contributed by atoms with van der Waals surface area (Å²) < 4.78 is 24.0. The van der Waals surface area contributed by atoms with Gasteiger partial charge in [0.15, 0.2) is 0 Å². The van der Waals surface area contributed by atoms with E-state index in [0.29, 0.717) is 29.2 Å². The molecule has 0 aromatic heterocycles. The number of nitrogens with two attached hydrogens (primary N) is 1. The Kier molecular flexibility index (Phi) is 6.21. The van der Waals surface area contributed by atoms with Crippen LogP contribution in [-0.4, -0.2) is 33.7 Å². The van der Waals surface area contributed by atoms with E-state index in [1.165, 1.54) is 6.07 Å². The fourth-order valence-electron chi connectivity index (χ4n) is 1.47. The number of sulfonamides is 1. The smallest absolute Gasteiger partial charge is 0.253 e. The molecule has 0 aliphatic heterocycles. The van der Waals surface area contributed by atoms with Gasteiger partial charge in [0.25, 0.3) is 5.91 Å². The standard InChI is InChI=1S/C11H17ClN4O3S/c1-20(18,19)15-6-2-5-14-11(17)9-7-8(12)3-4-10(9)16-13/h3-4,7,15-16H,2,5-6,13H2,1H3,(H,14,17). The summed E-state index contributed by atoms with van der Waals surface area (Å²) >= 11 is 5.83. The maximum atomic E-state index is 11.9. The molecule has 1 aromatic carbocycles. The van der Waals surface area contributed by atoms with Crippen LogP contribution in [0.2, 0.25) is 5.02 Å². The van der Waals surface area contributed by atoms with Gasteiger partial charge in [-0.3, -0.25) is 10.6 Å². The average Bonchev–Trinajstić information content (AvgIpc) is 2.36. The summed E-state index contributed by atoms with van der Waals surface area (Å²) in [5, 5.41) is 3.08. The Labute approximate surface area is 122 Å². The van der Waals surface area contributed by atoms with E-state index < -0.39 is 10.0 Å². The largest absolute Gasteiger partial charge is 0.352 e. The van der Waals surface area contributed by atoms with Crippen LogP contribution in [0.5, 0.6) is 0 Å². The van der Waals surface area contributed by atoms with Gasteiger partial charge in [-0.05, 0) is 24.6 Å². The van der Waals surface area contributed by atoms with Crippen molar-refractivity contribution in [3.05, 3.63) is 28.8 Å². The highest BCUT2D eigenvalue weighted by Gasteiger charge is 2.11. The van der Waals surface area contributed by atoms with Crippen molar-refractivity contribution in [2.75, 3.05) is 24.8 Å². The Bertz CT molecular complexity index is 577. The molecule has 9 heteroatoms. The molecule has 0 spiro atoms. The average molecular weight is 321 g/mol. The van der Waals surface area contributed by atoms with Gasteiger partial charge in [-0.1, -0.05) is 11.6 Å². The van der Waals surface area contributed by atoms with E-state index in [1.807, 2.05) is 0 Å². The SMILES string of the molecule is CS(=O)(=O)NCCCNC(=O)c1cc(Cl)ccc1NN. The number of hydrazine groups is 1. The number of hydrogen-bond acceptors (Lipinski definition) is 5. The van der Waals surface area contributed by atoms with Crippen LogP contribution in [0.4, 0.5) is 5.69 Å². The first kappa shape index (κ1) is 16.7. The highest BCUT2D eigenvalue weighted by Crippen LogP contribution is 2.19. The normalized spacial score (nSPS) is 11.2. The summed E-state index contributed by atoms with van der Waals surface area (Å²) in [4.78, 5) is 11.9. The molecule has 0 heterocycles. The molecule has 0 radical (unpaired) electrons. The van der Waals surface area contributed by atoms with Crippen LogP contribution in [0.3, 0.4) is 0 Å². The molecule has 0 aliphatic rings. The molecule has 0 bridgehead atoms. The molecule has 1 rings (SSSR count). The van der Waals surface area contributed by atoms with Gasteiger partial charge in [0.2, 0.25) is 10.0 Å². The second kappa shape index (κ2) is 7.44. The Morgan fingerprint density at radius 1 is 1.35 bits per heavy atom. The molecule has 0 fully saturated rings. The van der Waals surface area contributed by atoms with Crippen LogP contribution in [0, 0.1) is 0 Å². The Hall–Kier alpha value is -1.35. The van der Waals surface area contributed by atoms with Crippen molar-refractivity contribution in [1.82, 2.24) is 10.0 Å². The number of carbonyl (C=O) groups excluding carboxylic acids is 1. The number of nitrogens with one attached hydrogen (secondary N) is 3.